The van der Waals surface area contributed by atoms with E-state index < -0.39 is 0 Å². The summed E-state index contributed by atoms with van der Waals surface area (Å²) in [4.78, 5) is 26.8. The molecule has 6 rings (SSSR count). The van der Waals surface area contributed by atoms with Crippen LogP contribution in [0.1, 0.15) is 36.3 Å². The third-order valence-corrected chi connectivity index (χ3v) is 6.38. The highest BCUT2D eigenvalue weighted by Crippen LogP contribution is 2.45. The van der Waals surface area contributed by atoms with E-state index in [2.05, 4.69) is 28.6 Å². The minimum Gasteiger partial charge on any atom is -0.343 e. The number of carbonyl (C=O) groups excluding carboxylic acids is 1. The van der Waals surface area contributed by atoms with Gasteiger partial charge in [-0.15, -0.1) is 0 Å². The molecule has 5 nitrogen and oxygen atoms in total. The number of fused-ring (bicyclic) bond motifs is 2. The lowest BCUT2D eigenvalue weighted by Crippen LogP contribution is -2.30. The molecule has 2 aliphatic rings. The molecule has 1 atom stereocenters. The second kappa shape index (κ2) is 6.84. The number of nitrogens with zero attached hydrogens (tertiary/aromatic N) is 1. The van der Waals surface area contributed by atoms with Gasteiger partial charge in [0.25, 0.3) is 5.56 Å². The number of hydrogen-bond acceptors (Lipinski definition) is 3. The van der Waals surface area contributed by atoms with Crippen molar-refractivity contribution in [3.63, 3.8) is 0 Å². The lowest BCUT2D eigenvalue weighted by atomic mass is 9.75. The van der Waals surface area contributed by atoms with E-state index in [1.807, 2.05) is 54.6 Å². The zero-order valence-corrected chi connectivity index (χ0v) is 16.9. The number of anilines is 1. The highest BCUT2D eigenvalue weighted by molar-refractivity contribution is 6.02. The van der Waals surface area contributed by atoms with Crippen LogP contribution in [0.25, 0.3) is 16.5 Å². The van der Waals surface area contributed by atoms with E-state index in [1.165, 1.54) is 0 Å². The molecule has 0 spiro atoms. The van der Waals surface area contributed by atoms with Crippen molar-refractivity contribution in [3.8, 4) is 5.69 Å². The standard InChI is InChI=1S/C26H21N3O2/c30-21-15-7-14-20-23(21)22(19-13-6-9-16-8-4-5-12-18(16)19)24-25(27-20)28-29(26(24)31)17-10-2-1-3-11-17/h1-6,8-13,22,27-28H,7,14-15H2/t22-/m1/s1. The molecule has 0 unspecified atom stereocenters. The fourth-order valence-corrected chi connectivity index (χ4v) is 5.01. The Morgan fingerprint density at radius 2 is 1.61 bits per heavy atom. The third kappa shape index (κ3) is 2.70. The van der Waals surface area contributed by atoms with Crippen molar-refractivity contribution in [1.29, 1.82) is 0 Å². The third-order valence-electron chi connectivity index (χ3n) is 6.38. The van der Waals surface area contributed by atoms with Crippen LogP contribution in [0.3, 0.4) is 0 Å². The molecule has 0 radical (unpaired) electrons. The summed E-state index contributed by atoms with van der Waals surface area (Å²) in [5.41, 5.74) is 3.92. The number of ketones is 1. The topological polar surface area (TPSA) is 66.9 Å². The van der Waals surface area contributed by atoms with Gasteiger partial charge in [-0.25, -0.2) is 4.68 Å². The Bertz CT molecular complexity index is 1420. The van der Waals surface area contributed by atoms with Gasteiger partial charge >= 0.3 is 0 Å². The number of carbonyl (C=O) groups is 1. The minimum absolute atomic E-state index is 0.128. The zero-order chi connectivity index (χ0) is 20.9. The first-order chi connectivity index (χ1) is 15.2. The number of para-hydroxylation sites is 1. The van der Waals surface area contributed by atoms with Gasteiger partial charge in [-0.3, -0.25) is 14.7 Å². The fourth-order valence-electron chi connectivity index (χ4n) is 5.01. The lowest BCUT2D eigenvalue weighted by Gasteiger charge is -2.31. The lowest BCUT2D eigenvalue weighted by molar-refractivity contribution is -0.116. The van der Waals surface area contributed by atoms with Crippen molar-refractivity contribution in [3.05, 3.63) is 106 Å². The van der Waals surface area contributed by atoms with Gasteiger partial charge in [-0.1, -0.05) is 60.7 Å². The van der Waals surface area contributed by atoms with Gasteiger partial charge < -0.3 is 5.32 Å². The highest BCUT2D eigenvalue weighted by Gasteiger charge is 2.39. The molecule has 4 aromatic rings. The van der Waals surface area contributed by atoms with E-state index in [9.17, 15) is 9.59 Å². The maximum Gasteiger partial charge on any atom is 0.277 e. The molecule has 0 saturated carbocycles. The van der Waals surface area contributed by atoms with E-state index in [0.29, 0.717) is 17.8 Å². The Kier molecular flexibility index (Phi) is 3.96. The van der Waals surface area contributed by atoms with Gasteiger partial charge in [0.2, 0.25) is 0 Å². The number of Topliss-reactive ketones (excluding diaryl/α,β-unsaturated/α-hetero) is 1. The zero-order valence-electron chi connectivity index (χ0n) is 16.9. The molecule has 0 fully saturated rings. The average Bonchev–Trinajstić information content (AvgIpc) is 3.14. The van der Waals surface area contributed by atoms with Crippen molar-refractivity contribution >= 4 is 22.4 Å². The number of benzene rings is 3. The molecule has 1 aromatic heterocycles. The van der Waals surface area contributed by atoms with Crippen LogP contribution in [-0.4, -0.2) is 15.6 Å². The summed E-state index contributed by atoms with van der Waals surface area (Å²) in [6, 6.07) is 23.8. The molecule has 0 bridgehead atoms. The molecule has 0 saturated heterocycles. The summed E-state index contributed by atoms with van der Waals surface area (Å²) in [5, 5.41) is 8.82. The van der Waals surface area contributed by atoms with Gasteiger partial charge in [0, 0.05) is 23.6 Å². The molecule has 2 N–H and O–H groups in total. The average molecular weight is 407 g/mol. The van der Waals surface area contributed by atoms with Crippen molar-refractivity contribution in [2.24, 2.45) is 0 Å². The number of aromatic amines is 1. The summed E-state index contributed by atoms with van der Waals surface area (Å²) in [6.07, 6.45) is 2.15. The quantitative estimate of drug-likeness (QED) is 0.498. The Balaban J connectivity index is 1.66. The van der Waals surface area contributed by atoms with Crippen LogP contribution in [0, 0.1) is 0 Å². The van der Waals surface area contributed by atoms with Crippen LogP contribution >= 0.6 is 0 Å². The molecular formula is C26H21N3O2. The summed E-state index contributed by atoms with van der Waals surface area (Å²) in [5.74, 6) is 0.420. The second-order valence-electron chi connectivity index (χ2n) is 8.17. The van der Waals surface area contributed by atoms with Crippen LogP contribution in [0.4, 0.5) is 5.82 Å². The van der Waals surface area contributed by atoms with Crippen molar-refractivity contribution < 1.29 is 4.79 Å². The van der Waals surface area contributed by atoms with Crippen LogP contribution in [-0.2, 0) is 4.79 Å². The predicted molar refractivity (Wildman–Crippen MR) is 122 cm³/mol. The number of aromatic nitrogens is 2. The summed E-state index contributed by atoms with van der Waals surface area (Å²) in [7, 11) is 0. The van der Waals surface area contributed by atoms with Gasteiger partial charge in [0.1, 0.15) is 5.82 Å². The predicted octanol–water partition coefficient (Wildman–Crippen LogP) is 4.88. The molecule has 5 heteroatoms. The molecule has 3 aromatic carbocycles. The normalized spacial score (nSPS) is 17.9. The van der Waals surface area contributed by atoms with Gasteiger partial charge in [0.15, 0.2) is 5.78 Å². The largest absolute Gasteiger partial charge is 0.343 e. The Morgan fingerprint density at radius 1 is 0.839 bits per heavy atom. The number of rotatable bonds is 2. The van der Waals surface area contributed by atoms with E-state index in [4.69, 9.17) is 0 Å². The molecule has 1 aliphatic carbocycles. The number of hydrogen-bond donors (Lipinski definition) is 2. The first-order valence-corrected chi connectivity index (χ1v) is 10.6. The second-order valence-corrected chi connectivity index (χ2v) is 8.17. The van der Waals surface area contributed by atoms with Crippen LogP contribution in [0.5, 0.6) is 0 Å². The van der Waals surface area contributed by atoms with E-state index in [-0.39, 0.29) is 17.3 Å². The highest BCUT2D eigenvalue weighted by atomic mass is 16.1. The molecule has 152 valence electrons. The Morgan fingerprint density at radius 3 is 2.48 bits per heavy atom. The van der Waals surface area contributed by atoms with Crippen LogP contribution < -0.4 is 10.9 Å². The maximum absolute atomic E-state index is 13.7. The maximum atomic E-state index is 13.7. The van der Waals surface area contributed by atoms with Crippen LogP contribution in [0.15, 0.2) is 88.9 Å². The summed E-state index contributed by atoms with van der Waals surface area (Å²) >= 11 is 0. The monoisotopic (exact) mass is 407 g/mol. The SMILES string of the molecule is O=C1CCCC2=C1[C@@H](c1cccc3ccccc13)c1c([nH]n(-c3ccccc3)c1=O)N2. The minimum atomic E-state index is -0.390. The first kappa shape index (κ1) is 18.0. The number of nitrogens with one attached hydrogen (secondary N) is 2. The molecule has 1 aliphatic heterocycles. The van der Waals surface area contributed by atoms with Crippen molar-refractivity contribution in [2.75, 3.05) is 5.32 Å². The number of allylic oxidation sites excluding steroid dienone is 2. The summed E-state index contributed by atoms with van der Waals surface area (Å²) in [6.45, 7) is 0. The van der Waals surface area contributed by atoms with E-state index >= 15 is 0 Å². The molecule has 2 heterocycles. The Hall–Kier alpha value is -3.86. The smallest absolute Gasteiger partial charge is 0.277 e. The van der Waals surface area contributed by atoms with Crippen LogP contribution in [0.2, 0.25) is 0 Å². The van der Waals surface area contributed by atoms with Crippen molar-refractivity contribution in [1.82, 2.24) is 9.78 Å². The molecule has 0 amide bonds. The summed E-state index contributed by atoms with van der Waals surface area (Å²) < 4.78 is 1.57. The Labute approximate surface area is 179 Å². The van der Waals surface area contributed by atoms with Gasteiger partial charge in [-0.2, -0.15) is 0 Å². The molecular weight excluding hydrogens is 386 g/mol. The van der Waals surface area contributed by atoms with Crippen molar-refractivity contribution in [2.45, 2.75) is 25.2 Å². The van der Waals surface area contributed by atoms with E-state index in [1.54, 1.807) is 4.68 Å². The first-order valence-electron chi connectivity index (χ1n) is 10.6. The van der Waals surface area contributed by atoms with Gasteiger partial charge in [0.05, 0.1) is 11.3 Å². The van der Waals surface area contributed by atoms with Gasteiger partial charge in [-0.05, 0) is 41.3 Å². The molecule has 31 heavy (non-hydrogen) atoms. The number of H-pyrrole nitrogens is 1. The fraction of sp³-hybridized carbons (Fsp3) is 0.154. The van der Waals surface area contributed by atoms with E-state index in [0.717, 1.165) is 46.1 Å².